The number of nitrogens with zero attached hydrogens (tertiary/aromatic N) is 2. The van der Waals surface area contributed by atoms with Crippen LogP contribution in [0.1, 0.15) is 27.7 Å². The van der Waals surface area contributed by atoms with Crippen molar-refractivity contribution in [3.8, 4) is 0 Å². The molecule has 2 aliphatic carbocycles. The predicted octanol–water partition coefficient (Wildman–Crippen LogP) is 5.69. The van der Waals surface area contributed by atoms with E-state index in [-0.39, 0.29) is 59.0 Å². The SMILES string of the molecule is CC(C)N=C([N-]C(C)C)Nc1ccccc1.[CH]1[CH][CH][CH][CH]1.[CH]1[CH][CH][CH][CH]1.[Yb+3]. The van der Waals surface area contributed by atoms with Crippen molar-refractivity contribution in [2.75, 3.05) is 5.32 Å². The number of anilines is 1. The van der Waals surface area contributed by atoms with Crippen molar-refractivity contribution >= 4 is 11.6 Å². The van der Waals surface area contributed by atoms with Crippen molar-refractivity contribution in [1.29, 1.82) is 0 Å². The Bertz CT molecular complexity index is 439. The van der Waals surface area contributed by atoms with Crippen LogP contribution in [0.3, 0.4) is 0 Å². The van der Waals surface area contributed by atoms with Crippen LogP contribution in [0.15, 0.2) is 35.3 Å². The molecule has 2 saturated carbocycles. The Labute approximate surface area is 206 Å². The number of rotatable bonds is 3. The van der Waals surface area contributed by atoms with Gasteiger partial charge in [0.05, 0.1) is 0 Å². The summed E-state index contributed by atoms with van der Waals surface area (Å²) in [4.78, 5) is 4.45. The average molecular weight is 522 g/mol. The maximum absolute atomic E-state index is 4.45. The molecule has 0 amide bonds. The minimum atomic E-state index is 0. The normalized spacial score (nSPS) is 16.0. The first kappa shape index (κ1) is 27.0. The molecular formula is C23H30N3Yb+2. The number of para-hydroxylation sites is 1. The Morgan fingerprint density at radius 1 is 0.741 bits per heavy atom. The van der Waals surface area contributed by atoms with Crippen LogP contribution in [-0.2, 0) is 0 Å². The minimum Gasteiger partial charge on any atom is -0.412 e. The van der Waals surface area contributed by atoms with Crippen LogP contribution in [-0.4, -0.2) is 18.0 Å². The van der Waals surface area contributed by atoms with E-state index in [9.17, 15) is 0 Å². The van der Waals surface area contributed by atoms with Crippen LogP contribution in [0, 0.1) is 111 Å². The number of nitrogens with one attached hydrogen (secondary N) is 1. The van der Waals surface area contributed by atoms with Gasteiger partial charge < -0.3 is 15.6 Å². The molecule has 2 aliphatic rings. The molecule has 0 heterocycles. The Balaban J connectivity index is 0.000000496. The van der Waals surface area contributed by atoms with Gasteiger partial charge in [0.1, 0.15) is 0 Å². The largest absolute Gasteiger partial charge is 3.00 e. The van der Waals surface area contributed by atoms with Gasteiger partial charge in [-0.25, -0.2) is 0 Å². The van der Waals surface area contributed by atoms with E-state index in [4.69, 9.17) is 0 Å². The molecule has 0 unspecified atom stereocenters. The van der Waals surface area contributed by atoms with E-state index in [0.717, 1.165) is 5.69 Å². The Kier molecular flexibility index (Phi) is 18.1. The summed E-state index contributed by atoms with van der Waals surface area (Å²) in [5, 5.41) is 7.68. The maximum Gasteiger partial charge on any atom is 3.00 e. The van der Waals surface area contributed by atoms with Gasteiger partial charge in [0.2, 0.25) is 0 Å². The third-order valence-electron chi connectivity index (χ3n) is 2.90. The van der Waals surface area contributed by atoms with Gasteiger partial charge in [0.15, 0.2) is 0 Å². The molecule has 27 heavy (non-hydrogen) atoms. The van der Waals surface area contributed by atoms with Crippen molar-refractivity contribution in [3.63, 3.8) is 0 Å². The number of hydrogen-bond acceptors (Lipinski definition) is 1. The number of benzene rings is 1. The van der Waals surface area contributed by atoms with Crippen molar-refractivity contribution in [3.05, 3.63) is 99.9 Å². The second-order valence-electron chi connectivity index (χ2n) is 6.18. The molecule has 11 radical (unpaired) electrons. The van der Waals surface area contributed by atoms with Crippen molar-refractivity contribution in [2.24, 2.45) is 4.99 Å². The molecule has 4 heteroatoms. The van der Waals surface area contributed by atoms with Gasteiger partial charge in [0, 0.05) is 5.96 Å². The number of aliphatic imine (C=N–C) groups is 1. The van der Waals surface area contributed by atoms with Crippen LogP contribution < -0.4 is 5.32 Å². The molecule has 1 aromatic rings. The van der Waals surface area contributed by atoms with Crippen LogP contribution in [0.25, 0.3) is 5.32 Å². The zero-order chi connectivity index (χ0) is 19.0. The van der Waals surface area contributed by atoms with Crippen LogP contribution in [0.4, 0.5) is 5.69 Å². The molecule has 2 fully saturated rings. The molecule has 149 valence electrons. The van der Waals surface area contributed by atoms with Crippen LogP contribution >= 0.6 is 0 Å². The van der Waals surface area contributed by atoms with Gasteiger partial charge in [-0.3, -0.25) is 0 Å². The third kappa shape index (κ3) is 16.6. The monoisotopic (exact) mass is 522 g/mol. The van der Waals surface area contributed by atoms with Gasteiger partial charge in [-0.15, -0.1) is 0 Å². The quantitative estimate of drug-likeness (QED) is 0.403. The smallest absolute Gasteiger partial charge is 0.412 e. The minimum absolute atomic E-state index is 0. The summed E-state index contributed by atoms with van der Waals surface area (Å²) in [7, 11) is 0. The summed E-state index contributed by atoms with van der Waals surface area (Å²) in [6.45, 7) is 8.18. The fourth-order valence-electron chi connectivity index (χ4n) is 1.88. The summed E-state index contributed by atoms with van der Waals surface area (Å²) in [5.41, 5.74) is 1.02. The van der Waals surface area contributed by atoms with Gasteiger partial charge in [-0.1, -0.05) is 58.0 Å². The summed E-state index contributed by atoms with van der Waals surface area (Å²) < 4.78 is 0. The van der Waals surface area contributed by atoms with E-state index in [1.54, 1.807) is 0 Å². The van der Waals surface area contributed by atoms with E-state index in [0.29, 0.717) is 5.96 Å². The van der Waals surface area contributed by atoms with Crippen molar-refractivity contribution < 1.29 is 46.9 Å². The molecule has 1 N–H and O–H groups in total. The molecule has 0 bridgehead atoms. The molecule has 1 aromatic carbocycles. The average Bonchev–Trinajstić information content (AvgIpc) is 3.33. The first-order chi connectivity index (χ1) is 12.6. The zero-order valence-corrected chi connectivity index (χ0v) is 18.2. The second-order valence-corrected chi connectivity index (χ2v) is 6.18. The van der Waals surface area contributed by atoms with E-state index in [1.807, 2.05) is 122 Å². The van der Waals surface area contributed by atoms with E-state index >= 15 is 0 Å². The summed E-state index contributed by atoms with van der Waals surface area (Å²) in [6.07, 6.45) is 20.0. The third-order valence-corrected chi connectivity index (χ3v) is 2.90. The summed E-state index contributed by atoms with van der Waals surface area (Å²) >= 11 is 0. The fourth-order valence-corrected chi connectivity index (χ4v) is 1.88. The van der Waals surface area contributed by atoms with Crippen molar-refractivity contribution in [2.45, 2.75) is 39.8 Å². The fraction of sp³-hybridized carbons (Fsp3) is 0.261. The summed E-state index contributed by atoms with van der Waals surface area (Å²) in [5.74, 6) is 0.705. The zero-order valence-electron chi connectivity index (χ0n) is 16.5. The van der Waals surface area contributed by atoms with Crippen LogP contribution in [0.5, 0.6) is 0 Å². The van der Waals surface area contributed by atoms with E-state index < -0.39 is 0 Å². The standard InChI is InChI=1S/C13H20N3.2C5H5.Yb/c1-10(2)14-13(15-11(3)4)16-12-8-6-5-7-9-12;2*1-2-4-5-3-1;/h5-11H,1-4H3,(H-,14,15,16);2*1-5H;/q-1;;;+3. The molecule has 3 rings (SSSR count). The Morgan fingerprint density at radius 3 is 1.48 bits per heavy atom. The molecule has 0 spiro atoms. The molecule has 0 aliphatic heterocycles. The Hall–Kier alpha value is 0.00948. The predicted molar refractivity (Wildman–Crippen MR) is 114 cm³/mol. The first-order valence-electron chi connectivity index (χ1n) is 9.02. The molecule has 0 atom stereocenters. The Morgan fingerprint density at radius 2 is 1.15 bits per heavy atom. The maximum atomic E-state index is 4.45. The van der Waals surface area contributed by atoms with Gasteiger partial charge >= 0.3 is 46.9 Å². The molecule has 3 nitrogen and oxygen atoms in total. The van der Waals surface area contributed by atoms with Gasteiger partial charge in [-0.2, -0.15) is 0 Å². The molecule has 0 saturated heterocycles. The topological polar surface area (TPSA) is 38.5 Å². The van der Waals surface area contributed by atoms with Gasteiger partial charge in [0.25, 0.3) is 0 Å². The number of guanidine groups is 1. The first-order valence-corrected chi connectivity index (χ1v) is 9.02. The molecule has 0 aromatic heterocycles. The van der Waals surface area contributed by atoms with E-state index in [1.165, 1.54) is 0 Å². The second kappa shape index (κ2) is 18.1. The number of hydrogen-bond donors (Lipinski definition) is 1. The van der Waals surface area contributed by atoms with Crippen LogP contribution in [0.2, 0.25) is 0 Å². The van der Waals surface area contributed by atoms with Gasteiger partial charge in [-0.05, 0) is 82.0 Å². The van der Waals surface area contributed by atoms with Crippen molar-refractivity contribution in [1.82, 2.24) is 0 Å². The van der Waals surface area contributed by atoms with E-state index in [2.05, 4.69) is 15.6 Å². The summed E-state index contributed by atoms with van der Waals surface area (Å²) in [6, 6.07) is 10.5. The molecular weight excluding hydrogens is 491 g/mol.